The molecule has 4 nitrogen and oxygen atoms in total. The van der Waals surface area contributed by atoms with E-state index in [1.807, 2.05) is 20.0 Å². The second kappa shape index (κ2) is 4.81. The molecule has 1 aromatic heterocycles. The van der Waals surface area contributed by atoms with E-state index in [0.29, 0.717) is 12.5 Å². The van der Waals surface area contributed by atoms with Crippen LogP contribution < -0.4 is 11.1 Å². The molecule has 0 aliphatic carbocycles. The third-order valence-electron chi connectivity index (χ3n) is 1.41. The smallest absolute Gasteiger partial charge is 0.188 e. The van der Waals surface area contributed by atoms with Crippen molar-refractivity contribution in [1.29, 1.82) is 0 Å². The van der Waals surface area contributed by atoms with Gasteiger partial charge in [0.2, 0.25) is 0 Å². The lowest BCUT2D eigenvalue weighted by atomic mass is 10.6. The summed E-state index contributed by atoms with van der Waals surface area (Å²) in [6.45, 7) is 5.37. The van der Waals surface area contributed by atoms with Crippen LogP contribution in [-0.4, -0.2) is 17.5 Å². The van der Waals surface area contributed by atoms with Crippen LogP contribution in [0, 0.1) is 6.92 Å². The quantitative estimate of drug-likeness (QED) is 0.559. The minimum Gasteiger partial charge on any atom is -0.370 e. The Morgan fingerprint density at radius 2 is 2.54 bits per heavy atom. The summed E-state index contributed by atoms with van der Waals surface area (Å²) in [7, 11) is 0. The number of rotatable bonds is 3. The average Bonchev–Trinajstić information content (AvgIpc) is 2.49. The van der Waals surface area contributed by atoms with E-state index in [2.05, 4.69) is 15.3 Å². The zero-order valence-electron chi connectivity index (χ0n) is 7.87. The molecule has 1 rings (SSSR count). The van der Waals surface area contributed by atoms with Crippen molar-refractivity contribution < 1.29 is 0 Å². The van der Waals surface area contributed by atoms with E-state index in [1.165, 1.54) is 4.88 Å². The molecule has 5 heteroatoms. The second-order valence-corrected chi connectivity index (χ2v) is 3.92. The number of aromatic nitrogens is 1. The van der Waals surface area contributed by atoms with Crippen molar-refractivity contribution in [3.8, 4) is 0 Å². The molecule has 1 heterocycles. The maximum Gasteiger partial charge on any atom is 0.188 e. The summed E-state index contributed by atoms with van der Waals surface area (Å²) >= 11 is 1.65. The monoisotopic (exact) mass is 198 g/mol. The van der Waals surface area contributed by atoms with Crippen LogP contribution in [0.2, 0.25) is 0 Å². The lowest BCUT2D eigenvalue weighted by Crippen LogP contribution is -2.31. The second-order valence-electron chi connectivity index (χ2n) is 2.60. The molecule has 0 bridgehead atoms. The third-order valence-corrected chi connectivity index (χ3v) is 2.31. The highest BCUT2D eigenvalue weighted by Crippen LogP contribution is 2.11. The summed E-state index contributed by atoms with van der Waals surface area (Å²) in [5.41, 5.74) is 5.55. The average molecular weight is 198 g/mol. The van der Waals surface area contributed by atoms with E-state index in [-0.39, 0.29) is 0 Å². The van der Waals surface area contributed by atoms with Gasteiger partial charge in [-0.05, 0) is 13.8 Å². The minimum atomic E-state index is 0.482. The first-order valence-electron chi connectivity index (χ1n) is 4.17. The molecule has 0 saturated carbocycles. The molecule has 0 fully saturated rings. The van der Waals surface area contributed by atoms with Gasteiger partial charge in [-0.1, -0.05) is 0 Å². The van der Waals surface area contributed by atoms with Crippen molar-refractivity contribution in [2.45, 2.75) is 20.4 Å². The first-order valence-corrected chi connectivity index (χ1v) is 4.99. The van der Waals surface area contributed by atoms with Crippen molar-refractivity contribution in [2.24, 2.45) is 10.7 Å². The Bertz CT molecular complexity index is 292. The molecular formula is C8H14N4S. The molecule has 0 amide bonds. The fraction of sp³-hybridized carbons (Fsp3) is 0.500. The van der Waals surface area contributed by atoms with E-state index >= 15 is 0 Å². The molecule has 1 aromatic rings. The van der Waals surface area contributed by atoms with Crippen LogP contribution >= 0.6 is 11.3 Å². The zero-order chi connectivity index (χ0) is 9.68. The van der Waals surface area contributed by atoms with Crippen LogP contribution in [0.1, 0.15) is 16.8 Å². The molecule has 0 radical (unpaired) electrons. The number of aryl methyl sites for hydroxylation is 1. The zero-order valence-corrected chi connectivity index (χ0v) is 8.69. The van der Waals surface area contributed by atoms with Crippen molar-refractivity contribution in [1.82, 2.24) is 10.3 Å². The molecule has 0 unspecified atom stereocenters. The van der Waals surface area contributed by atoms with Crippen LogP contribution in [0.3, 0.4) is 0 Å². The molecule has 0 aliphatic rings. The fourth-order valence-electron chi connectivity index (χ4n) is 0.864. The third kappa shape index (κ3) is 3.42. The number of nitrogens with zero attached hydrogens (tertiary/aromatic N) is 2. The molecule has 72 valence electrons. The maximum atomic E-state index is 5.55. The molecule has 13 heavy (non-hydrogen) atoms. The van der Waals surface area contributed by atoms with E-state index in [9.17, 15) is 0 Å². The van der Waals surface area contributed by atoms with Crippen LogP contribution in [0.4, 0.5) is 0 Å². The number of nitrogens with one attached hydrogen (secondary N) is 1. The molecule has 3 N–H and O–H groups in total. The van der Waals surface area contributed by atoms with Gasteiger partial charge in [0.1, 0.15) is 5.01 Å². The van der Waals surface area contributed by atoms with Crippen molar-refractivity contribution in [3.05, 3.63) is 16.1 Å². The predicted molar refractivity (Wildman–Crippen MR) is 55.9 cm³/mol. The largest absolute Gasteiger partial charge is 0.370 e. The van der Waals surface area contributed by atoms with E-state index in [0.717, 1.165) is 11.6 Å². The number of aliphatic imine (C=N–C) groups is 1. The Balaban J connectivity index is 2.46. The predicted octanol–water partition coefficient (Wildman–Crippen LogP) is 0.876. The van der Waals surface area contributed by atoms with Gasteiger partial charge in [-0.2, -0.15) is 0 Å². The van der Waals surface area contributed by atoms with Gasteiger partial charge in [0, 0.05) is 17.6 Å². The first-order chi connectivity index (χ1) is 6.22. The van der Waals surface area contributed by atoms with Gasteiger partial charge in [-0.25, -0.2) is 9.98 Å². The lowest BCUT2D eigenvalue weighted by Gasteiger charge is -1.99. The topological polar surface area (TPSA) is 63.3 Å². The van der Waals surface area contributed by atoms with Crippen molar-refractivity contribution in [3.63, 3.8) is 0 Å². The van der Waals surface area contributed by atoms with Crippen LogP contribution in [0.15, 0.2) is 11.2 Å². The minimum absolute atomic E-state index is 0.482. The number of nitrogens with two attached hydrogens (primary N) is 1. The number of guanidine groups is 1. The van der Waals surface area contributed by atoms with Gasteiger partial charge in [-0.15, -0.1) is 11.3 Å². The fourth-order valence-corrected chi connectivity index (χ4v) is 1.58. The lowest BCUT2D eigenvalue weighted by molar-refractivity contribution is 0.921. The summed E-state index contributed by atoms with van der Waals surface area (Å²) in [5, 5.41) is 3.93. The Morgan fingerprint density at radius 3 is 3.08 bits per heavy atom. The normalized spacial score (nSPS) is 11.7. The highest BCUT2D eigenvalue weighted by atomic mass is 32.1. The maximum absolute atomic E-state index is 5.55. The van der Waals surface area contributed by atoms with Gasteiger partial charge < -0.3 is 11.1 Å². The van der Waals surface area contributed by atoms with Gasteiger partial charge in [0.15, 0.2) is 5.96 Å². The Morgan fingerprint density at radius 1 is 1.77 bits per heavy atom. The summed E-state index contributed by atoms with van der Waals surface area (Å²) in [6.07, 6.45) is 1.85. The van der Waals surface area contributed by atoms with Crippen molar-refractivity contribution in [2.75, 3.05) is 6.54 Å². The Hall–Kier alpha value is -1.10. The summed E-state index contributed by atoms with van der Waals surface area (Å²) in [4.78, 5) is 9.51. The van der Waals surface area contributed by atoms with Crippen LogP contribution in [0.25, 0.3) is 0 Å². The summed E-state index contributed by atoms with van der Waals surface area (Å²) < 4.78 is 0. The molecule has 0 aromatic carbocycles. The Kier molecular flexibility index (Phi) is 3.70. The molecular weight excluding hydrogens is 184 g/mol. The number of hydrogen-bond donors (Lipinski definition) is 2. The number of hydrogen-bond acceptors (Lipinski definition) is 3. The van der Waals surface area contributed by atoms with Gasteiger partial charge in [0.25, 0.3) is 0 Å². The highest BCUT2D eigenvalue weighted by Gasteiger charge is 1.96. The van der Waals surface area contributed by atoms with Crippen LogP contribution in [-0.2, 0) is 6.54 Å². The van der Waals surface area contributed by atoms with Crippen LogP contribution in [0.5, 0.6) is 0 Å². The molecule has 0 atom stereocenters. The van der Waals surface area contributed by atoms with Gasteiger partial charge in [-0.3, -0.25) is 0 Å². The highest BCUT2D eigenvalue weighted by molar-refractivity contribution is 7.11. The molecule has 0 saturated heterocycles. The summed E-state index contributed by atoms with van der Waals surface area (Å²) in [6, 6.07) is 0. The van der Waals surface area contributed by atoms with Gasteiger partial charge in [0.05, 0.1) is 6.54 Å². The van der Waals surface area contributed by atoms with E-state index in [1.54, 1.807) is 11.3 Å². The standard InChI is InChI=1S/C8H14N4S/c1-3-10-8(9)12-5-7-11-4-6(2)13-7/h4H,3,5H2,1-2H3,(H3,9,10,12). The molecule has 0 aliphatic heterocycles. The van der Waals surface area contributed by atoms with E-state index in [4.69, 9.17) is 5.73 Å². The van der Waals surface area contributed by atoms with Crippen molar-refractivity contribution >= 4 is 17.3 Å². The Labute approximate surface area is 81.9 Å². The molecule has 0 spiro atoms. The van der Waals surface area contributed by atoms with Gasteiger partial charge >= 0.3 is 0 Å². The summed E-state index contributed by atoms with van der Waals surface area (Å²) in [5.74, 6) is 0.482. The van der Waals surface area contributed by atoms with E-state index < -0.39 is 0 Å². The number of thiazole rings is 1. The first kappa shape index (κ1) is 9.98. The SMILES string of the molecule is CCNC(N)=NCc1ncc(C)s1.